The Morgan fingerprint density at radius 3 is 2.97 bits per heavy atom. The average molecular weight is 488 g/mol. The van der Waals surface area contributed by atoms with Crippen molar-refractivity contribution in [2.45, 2.75) is 38.0 Å². The highest BCUT2D eigenvalue weighted by molar-refractivity contribution is 9.10. The van der Waals surface area contributed by atoms with E-state index in [-0.39, 0.29) is 12.1 Å². The molecule has 2 atom stereocenters. The summed E-state index contributed by atoms with van der Waals surface area (Å²) in [4.78, 5) is 0. The second kappa shape index (κ2) is 7.76. The standard InChI is InChI=1S/C22H22BrN3O3S/c1-12(29-15-4-3-13(24)7-15)21-17-10-28-19-9-20(27-2)18(23)8-16(19)22(17)26(25-21)14-5-6-30-11-14/h5-6,8-9,11,13,15H,1,3-4,7,10,24H2,2H3/t13-,15?/m0/s1. The monoisotopic (exact) mass is 487 g/mol. The molecule has 1 aliphatic carbocycles. The van der Waals surface area contributed by atoms with E-state index in [1.54, 1.807) is 18.4 Å². The maximum Gasteiger partial charge on any atom is 0.140 e. The smallest absolute Gasteiger partial charge is 0.140 e. The number of hydrogen-bond acceptors (Lipinski definition) is 6. The fourth-order valence-corrected chi connectivity index (χ4v) is 5.26. The third-order valence-electron chi connectivity index (χ3n) is 5.61. The molecule has 3 aromatic rings. The number of fused-ring (bicyclic) bond motifs is 3. The zero-order valence-corrected chi connectivity index (χ0v) is 19.0. The summed E-state index contributed by atoms with van der Waals surface area (Å²) in [6, 6.07) is 6.16. The van der Waals surface area contributed by atoms with Crippen LogP contribution in [0.15, 0.2) is 40.0 Å². The van der Waals surface area contributed by atoms with Crippen molar-refractivity contribution in [3.8, 4) is 28.4 Å². The first-order valence-electron chi connectivity index (χ1n) is 9.82. The number of methoxy groups -OCH3 is 1. The minimum atomic E-state index is 0.0876. The molecule has 1 aliphatic heterocycles. The van der Waals surface area contributed by atoms with Crippen LogP contribution in [0.4, 0.5) is 0 Å². The largest absolute Gasteiger partial charge is 0.495 e. The molecule has 1 fully saturated rings. The lowest BCUT2D eigenvalue weighted by molar-refractivity contribution is 0.171. The number of ether oxygens (including phenoxy) is 3. The summed E-state index contributed by atoms with van der Waals surface area (Å²) in [5.41, 5.74) is 10.7. The maximum absolute atomic E-state index is 6.18. The maximum atomic E-state index is 6.18. The minimum Gasteiger partial charge on any atom is -0.495 e. The zero-order chi connectivity index (χ0) is 20.8. The molecule has 3 heterocycles. The molecule has 5 rings (SSSR count). The van der Waals surface area contributed by atoms with Crippen LogP contribution in [-0.4, -0.2) is 29.0 Å². The number of nitrogens with zero attached hydrogens (tertiary/aromatic N) is 2. The van der Waals surface area contributed by atoms with Crippen LogP contribution in [0.2, 0.25) is 0 Å². The molecule has 156 valence electrons. The summed E-state index contributed by atoms with van der Waals surface area (Å²) in [6.45, 7) is 4.58. The van der Waals surface area contributed by atoms with E-state index >= 15 is 0 Å². The fourth-order valence-electron chi connectivity index (χ4n) is 4.14. The van der Waals surface area contributed by atoms with Crippen molar-refractivity contribution in [1.82, 2.24) is 9.78 Å². The zero-order valence-electron chi connectivity index (χ0n) is 16.6. The van der Waals surface area contributed by atoms with Gasteiger partial charge in [-0.2, -0.15) is 16.4 Å². The van der Waals surface area contributed by atoms with Crippen LogP contribution in [0.1, 0.15) is 30.5 Å². The van der Waals surface area contributed by atoms with Gasteiger partial charge >= 0.3 is 0 Å². The summed E-state index contributed by atoms with van der Waals surface area (Å²) in [7, 11) is 1.64. The number of hydrogen-bond donors (Lipinski definition) is 1. The van der Waals surface area contributed by atoms with Crippen LogP contribution >= 0.6 is 27.3 Å². The lowest BCUT2D eigenvalue weighted by Crippen LogP contribution is -2.17. The topological polar surface area (TPSA) is 71.5 Å². The fraction of sp³-hybridized carbons (Fsp3) is 0.318. The SMILES string of the molecule is C=C(OC1CC[C@H](N)C1)c1nn(-c2ccsc2)c2c1COc1cc(OC)c(Br)cc1-2. The minimum absolute atomic E-state index is 0.0876. The van der Waals surface area contributed by atoms with Crippen molar-refractivity contribution >= 4 is 33.0 Å². The van der Waals surface area contributed by atoms with Crippen LogP contribution in [0.3, 0.4) is 0 Å². The van der Waals surface area contributed by atoms with Crippen molar-refractivity contribution in [1.29, 1.82) is 0 Å². The van der Waals surface area contributed by atoms with E-state index in [4.69, 9.17) is 25.0 Å². The third kappa shape index (κ3) is 3.33. The van der Waals surface area contributed by atoms with Crippen LogP contribution in [0.25, 0.3) is 22.7 Å². The van der Waals surface area contributed by atoms with Gasteiger partial charge in [-0.15, -0.1) is 0 Å². The van der Waals surface area contributed by atoms with Crippen LogP contribution in [0, 0.1) is 0 Å². The Balaban J connectivity index is 1.61. The van der Waals surface area contributed by atoms with Gasteiger partial charge in [0.2, 0.25) is 0 Å². The van der Waals surface area contributed by atoms with Gasteiger partial charge in [-0.05, 0) is 52.7 Å². The summed E-state index contributed by atoms with van der Waals surface area (Å²) in [5, 5.41) is 9.02. The Hall–Kier alpha value is -2.29. The second-order valence-electron chi connectivity index (χ2n) is 7.58. The van der Waals surface area contributed by atoms with E-state index in [0.717, 1.165) is 63.4 Å². The molecule has 0 spiro atoms. The van der Waals surface area contributed by atoms with Gasteiger partial charge in [-0.1, -0.05) is 6.58 Å². The first kappa shape index (κ1) is 19.7. The summed E-state index contributed by atoms with van der Waals surface area (Å²) >= 11 is 5.23. The molecule has 8 heteroatoms. The molecule has 1 aromatic carbocycles. The number of thiophene rings is 1. The summed E-state index contributed by atoms with van der Waals surface area (Å²) in [5.74, 6) is 2.06. The van der Waals surface area contributed by atoms with E-state index in [1.165, 1.54) is 0 Å². The van der Waals surface area contributed by atoms with Crippen molar-refractivity contribution < 1.29 is 14.2 Å². The quantitative estimate of drug-likeness (QED) is 0.504. The van der Waals surface area contributed by atoms with Crippen LogP contribution in [0.5, 0.6) is 11.5 Å². The van der Waals surface area contributed by atoms with E-state index in [1.807, 2.05) is 22.2 Å². The van der Waals surface area contributed by atoms with Gasteiger partial charge in [0.05, 0.1) is 23.0 Å². The molecule has 2 N–H and O–H groups in total. The van der Waals surface area contributed by atoms with Gasteiger partial charge in [0.15, 0.2) is 0 Å². The van der Waals surface area contributed by atoms with Gasteiger partial charge in [0.25, 0.3) is 0 Å². The molecule has 0 saturated heterocycles. The summed E-state index contributed by atoms with van der Waals surface area (Å²) in [6.07, 6.45) is 2.86. The van der Waals surface area contributed by atoms with E-state index < -0.39 is 0 Å². The van der Waals surface area contributed by atoms with E-state index in [0.29, 0.717) is 12.4 Å². The second-order valence-corrected chi connectivity index (χ2v) is 9.21. The third-order valence-corrected chi connectivity index (χ3v) is 6.90. The molecule has 0 bridgehead atoms. The van der Waals surface area contributed by atoms with Gasteiger partial charge in [0, 0.05) is 28.6 Å². The van der Waals surface area contributed by atoms with Crippen LogP contribution in [-0.2, 0) is 11.3 Å². The van der Waals surface area contributed by atoms with Gasteiger partial charge < -0.3 is 19.9 Å². The highest BCUT2D eigenvalue weighted by Crippen LogP contribution is 2.45. The van der Waals surface area contributed by atoms with E-state index in [9.17, 15) is 0 Å². The Bertz CT molecular complexity index is 1110. The van der Waals surface area contributed by atoms with Crippen molar-refractivity contribution in [2.24, 2.45) is 5.73 Å². The molecule has 1 saturated carbocycles. The van der Waals surface area contributed by atoms with Crippen molar-refractivity contribution in [2.75, 3.05) is 7.11 Å². The number of halogens is 1. The molecule has 2 aliphatic rings. The average Bonchev–Trinajstić information content (AvgIpc) is 3.46. The lowest BCUT2D eigenvalue weighted by Gasteiger charge is -2.21. The highest BCUT2D eigenvalue weighted by atomic mass is 79.9. The molecule has 6 nitrogen and oxygen atoms in total. The molecule has 2 aromatic heterocycles. The summed E-state index contributed by atoms with van der Waals surface area (Å²) < 4.78 is 20.5. The predicted octanol–water partition coefficient (Wildman–Crippen LogP) is 5.13. The van der Waals surface area contributed by atoms with Crippen molar-refractivity contribution in [3.63, 3.8) is 0 Å². The molecule has 30 heavy (non-hydrogen) atoms. The number of aromatic nitrogens is 2. The Kier molecular flexibility index (Phi) is 5.08. The highest BCUT2D eigenvalue weighted by Gasteiger charge is 2.31. The van der Waals surface area contributed by atoms with Gasteiger partial charge in [-0.3, -0.25) is 0 Å². The van der Waals surface area contributed by atoms with E-state index in [2.05, 4.69) is 34.0 Å². The molecule has 0 radical (unpaired) electrons. The van der Waals surface area contributed by atoms with Gasteiger partial charge in [0.1, 0.15) is 35.7 Å². The normalized spacial score (nSPS) is 19.7. The first-order valence-corrected chi connectivity index (χ1v) is 11.6. The Morgan fingerprint density at radius 2 is 2.27 bits per heavy atom. The molecular formula is C22H22BrN3O3S. The lowest BCUT2D eigenvalue weighted by atomic mass is 10.0. The Labute approximate surface area is 187 Å². The number of rotatable bonds is 5. The number of benzene rings is 1. The molecule has 1 unspecified atom stereocenters. The number of nitrogens with two attached hydrogens (primary N) is 1. The van der Waals surface area contributed by atoms with Crippen molar-refractivity contribution in [3.05, 3.63) is 51.3 Å². The molecular weight excluding hydrogens is 466 g/mol. The first-order chi connectivity index (χ1) is 14.5. The predicted molar refractivity (Wildman–Crippen MR) is 121 cm³/mol. The molecule has 0 amide bonds. The Morgan fingerprint density at radius 1 is 1.40 bits per heavy atom. The van der Waals surface area contributed by atoms with Crippen LogP contribution < -0.4 is 15.2 Å². The van der Waals surface area contributed by atoms with Gasteiger partial charge in [-0.25, -0.2) is 4.68 Å².